The summed E-state index contributed by atoms with van der Waals surface area (Å²) >= 11 is 0. The highest BCUT2D eigenvalue weighted by Gasteiger charge is 2.14. The van der Waals surface area contributed by atoms with Gasteiger partial charge < -0.3 is 5.32 Å². The van der Waals surface area contributed by atoms with Crippen LogP contribution in [0.25, 0.3) is 10.9 Å². The molecule has 1 N–H and O–H groups in total. The summed E-state index contributed by atoms with van der Waals surface area (Å²) in [6.45, 7) is 6.14. The van der Waals surface area contributed by atoms with Crippen LogP contribution in [0.2, 0.25) is 0 Å². The zero-order valence-corrected chi connectivity index (χ0v) is 10.7. The van der Waals surface area contributed by atoms with Gasteiger partial charge in [-0.3, -0.25) is 4.98 Å². The molecule has 1 aromatic heterocycles. The standard InChI is InChI=1S/C14H16F2N2/c1-8(2)9(3)18-12-6-7-17-14-11(16)5-4-10(15)13(12)14/h4-9H,1-3H3,(H,17,18). The zero-order valence-electron chi connectivity index (χ0n) is 10.7. The fraction of sp³-hybridized carbons (Fsp3) is 0.357. The second-order valence-corrected chi connectivity index (χ2v) is 4.79. The zero-order chi connectivity index (χ0) is 13.3. The molecule has 0 radical (unpaired) electrons. The fourth-order valence-electron chi connectivity index (χ4n) is 1.73. The molecule has 18 heavy (non-hydrogen) atoms. The molecule has 0 saturated heterocycles. The first-order valence-electron chi connectivity index (χ1n) is 6.00. The lowest BCUT2D eigenvalue weighted by Gasteiger charge is -2.20. The van der Waals surface area contributed by atoms with Crippen LogP contribution in [0.4, 0.5) is 14.5 Å². The number of benzene rings is 1. The predicted molar refractivity (Wildman–Crippen MR) is 69.6 cm³/mol. The summed E-state index contributed by atoms with van der Waals surface area (Å²) in [5.74, 6) is -0.574. The van der Waals surface area contributed by atoms with Gasteiger partial charge in [0, 0.05) is 17.9 Å². The lowest BCUT2D eigenvalue weighted by atomic mass is 10.1. The number of aromatic nitrogens is 1. The molecule has 0 saturated carbocycles. The molecular weight excluding hydrogens is 234 g/mol. The molecule has 1 aromatic carbocycles. The van der Waals surface area contributed by atoms with E-state index in [1.807, 2.05) is 6.92 Å². The van der Waals surface area contributed by atoms with Crippen molar-refractivity contribution in [2.24, 2.45) is 5.92 Å². The van der Waals surface area contributed by atoms with Crippen molar-refractivity contribution >= 4 is 16.6 Å². The third kappa shape index (κ3) is 2.28. The molecule has 0 aliphatic carbocycles. The van der Waals surface area contributed by atoms with Gasteiger partial charge in [0.1, 0.15) is 17.2 Å². The van der Waals surface area contributed by atoms with Crippen molar-refractivity contribution in [1.82, 2.24) is 4.98 Å². The molecule has 0 aliphatic rings. The lowest BCUT2D eigenvalue weighted by Crippen LogP contribution is -2.21. The van der Waals surface area contributed by atoms with Gasteiger partial charge in [-0.25, -0.2) is 8.78 Å². The largest absolute Gasteiger partial charge is 0.382 e. The van der Waals surface area contributed by atoms with E-state index in [4.69, 9.17) is 0 Å². The maximum atomic E-state index is 13.8. The number of hydrogen-bond acceptors (Lipinski definition) is 2. The van der Waals surface area contributed by atoms with Crippen molar-refractivity contribution < 1.29 is 8.78 Å². The minimum Gasteiger partial charge on any atom is -0.382 e. The van der Waals surface area contributed by atoms with E-state index < -0.39 is 11.6 Å². The number of nitrogens with zero attached hydrogens (tertiary/aromatic N) is 1. The van der Waals surface area contributed by atoms with Gasteiger partial charge in [-0.2, -0.15) is 0 Å². The molecule has 1 unspecified atom stereocenters. The number of fused-ring (bicyclic) bond motifs is 1. The predicted octanol–water partition coefficient (Wildman–Crippen LogP) is 3.97. The Hall–Kier alpha value is -1.71. The van der Waals surface area contributed by atoms with Gasteiger partial charge in [0.25, 0.3) is 0 Å². The van der Waals surface area contributed by atoms with Gasteiger partial charge in [0.05, 0.1) is 5.39 Å². The molecule has 4 heteroatoms. The Labute approximate surface area is 105 Å². The molecule has 1 heterocycles. The molecule has 2 nitrogen and oxygen atoms in total. The lowest BCUT2D eigenvalue weighted by molar-refractivity contribution is 0.560. The number of pyridine rings is 1. The maximum Gasteiger partial charge on any atom is 0.149 e. The Bertz CT molecular complexity index is 567. The molecule has 0 spiro atoms. The highest BCUT2D eigenvalue weighted by molar-refractivity contribution is 5.92. The summed E-state index contributed by atoms with van der Waals surface area (Å²) in [6.07, 6.45) is 1.49. The van der Waals surface area contributed by atoms with Gasteiger partial charge in [-0.1, -0.05) is 13.8 Å². The van der Waals surface area contributed by atoms with Gasteiger partial charge >= 0.3 is 0 Å². The second-order valence-electron chi connectivity index (χ2n) is 4.79. The third-order valence-electron chi connectivity index (χ3n) is 3.18. The average Bonchev–Trinajstić information content (AvgIpc) is 2.34. The molecule has 96 valence electrons. The van der Waals surface area contributed by atoms with Crippen LogP contribution in [-0.4, -0.2) is 11.0 Å². The van der Waals surface area contributed by atoms with Gasteiger partial charge in [-0.15, -0.1) is 0 Å². The van der Waals surface area contributed by atoms with E-state index in [1.54, 1.807) is 6.07 Å². The van der Waals surface area contributed by atoms with Crippen LogP contribution in [0.1, 0.15) is 20.8 Å². The summed E-state index contributed by atoms with van der Waals surface area (Å²) in [4.78, 5) is 3.90. The van der Waals surface area contributed by atoms with Crippen LogP contribution in [0.3, 0.4) is 0 Å². The second kappa shape index (κ2) is 4.88. The Kier molecular flexibility index (Phi) is 3.45. The van der Waals surface area contributed by atoms with Crippen LogP contribution in [0.5, 0.6) is 0 Å². The minimum absolute atomic E-state index is 0.0657. The van der Waals surface area contributed by atoms with Crippen molar-refractivity contribution in [3.8, 4) is 0 Å². The van der Waals surface area contributed by atoms with Crippen LogP contribution in [0.15, 0.2) is 24.4 Å². The fourth-order valence-corrected chi connectivity index (χ4v) is 1.73. The van der Waals surface area contributed by atoms with E-state index in [0.29, 0.717) is 11.6 Å². The molecule has 0 bridgehead atoms. The van der Waals surface area contributed by atoms with E-state index in [1.165, 1.54) is 6.20 Å². The molecular formula is C14H16F2N2. The van der Waals surface area contributed by atoms with Crippen LogP contribution >= 0.6 is 0 Å². The number of hydrogen-bond donors (Lipinski definition) is 1. The van der Waals surface area contributed by atoms with Gasteiger partial charge in [-0.05, 0) is 31.0 Å². The first-order valence-corrected chi connectivity index (χ1v) is 6.00. The van der Waals surface area contributed by atoms with Crippen molar-refractivity contribution in [3.05, 3.63) is 36.0 Å². The third-order valence-corrected chi connectivity index (χ3v) is 3.18. The highest BCUT2D eigenvalue weighted by Crippen LogP contribution is 2.27. The first-order chi connectivity index (χ1) is 8.50. The summed E-state index contributed by atoms with van der Waals surface area (Å²) in [7, 11) is 0. The molecule has 0 aliphatic heterocycles. The normalized spacial score (nSPS) is 13.0. The summed E-state index contributed by atoms with van der Waals surface area (Å²) < 4.78 is 27.4. The monoisotopic (exact) mass is 250 g/mol. The number of halogens is 2. The van der Waals surface area contributed by atoms with Crippen LogP contribution in [-0.2, 0) is 0 Å². The van der Waals surface area contributed by atoms with Crippen LogP contribution in [0, 0.1) is 17.6 Å². The Balaban J connectivity index is 2.55. The molecule has 0 amide bonds. The smallest absolute Gasteiger partial charge is 0.149 e. The quantitative estimate of drug-likeness (QED) is 0.891. The Morgan fingerprint density at radius 1 is 1.06 bits per heavy atom. The van der Waals surface area contributed by atoms with Crippen molar-refractivity contribution in [3.63, 3.8) is 0 Å². The molecule has 0 fully saturated rings. The molecule has 1 atom stereocenters. The maximum absolute atomic E-state index is 13.8. The topological polar surface area (TPSA) is 24.9 Å². The highest BCUT2D eigenvalue weighted by atomic mass is 19.1. The van der Waals surface area contributed by atoms with Gasteiger partial charge in [0.2, 0.25) is 0 Å². The Morgan fingerprint density at radius 3 is 2.39 bits per heavy atom. The number of nitrogens with one attached hydrogen (secondary N) is 1. The van der Waals surface area contributed by atoms with E-state index in [2.05, 4.69) is 24.1 Å². The molecule has 2 aromatic rings. The van der Waals surface area contributed by atoms with Crippen molar-refractivity contribution in [1.29, 1.82) is 0 Å². The van der Waals surface area contributed by atoms with E-state index in [9.17, 15) is 8.78 Å². The van der Waals surface area contributed by atoms with E-state index in [-0.39, 0.29) is 16.9 Å². The number of rotatable bonds is 3. The van der Waals surface area contributed by atoms with Gasteiger partial charge in [0.15, 0.2) is 0 Å². The SMILES string of the molecule is CC(C)C(C)Nc1ccnc2c(F)ccc(F)c12. The average molecular weight is 250 g/mol. The Morgan fingerprint density at radius 2 is 1.72 bits per heavy atom. The summed E-state index contributed by atoms with van der Waals surface area (Å²) in [5, 5.41) is 3.42. The summed E-state index contributed by atoms with van der Waals surface area (Å²) in [5.41, 5.74) is 0.647. The van der Waals surface area contributed by atoms with Crippen molar-refractivity contribution in [2.75, 3.05) is 5.32 Å². The minimum atomic E-state index is -0.507. The summed E-state index contributed by atoms with van der Waals surface area (Å²) in [6, 6.07) is 4.06. The number of anilines is 1. The van der Waals surface area contributed by atoms with E-state index >= 15 is 0 Å². The molecule has 2 rings (SSSR count). The van der Waals surface area contributed by atoms with E-state index in [0.717, 1.165) is 12.1 Å². The van der Waals surface area contributed by atoms with Crippen molar-refractivity contribution in [2.45, 2.75) is 26.8 Å². The van der Waals surface area contributed by atoms with Crippen LogP contribution < -0.4 is 5.32 Å². The first kappa shape index (κ1) is 12.7.